The van der Waals surface area contributed by atoms with Gasteiger partial charge < -0.3 is 29.2 Å². The maximum atomic E-state index is 15.0. The van der Waals surface area contributed by atoms with E-state index in [4.69, 9.17) is 18.9 Å². The van der Waals surface area contributed by atoms with Crippen LogP contribution < -0.4 is 4.74 Å². The summed E-state index contributed by atoms with van der Waals surface area (Å²) >= 11 is 0. The topological polar surface area (TPSA) is 112 Å². The number of phenolic OH excluding ortho intramolecular Hbond substituents is 2. The predicted molar refractivity (Wildman–Crippen MR) is 163 cm³/mol. The highest BCUT2D eigenvalue weighted by Crippen LogP contribution is 2.71. The summed E-state index contributed by atoms with van der Waals surface area (Å²) in [4.78, 5) is 29.8. The SMILES string of the molecule is C=CC(C)(C)c1c(O)c(CC=C(C)C)c2c(c1O)C(=O)C1=C(OC)[C@@]3(OC)C[C@@H]4C(C)(C)O[C@](CC=C(C)C)(C3=O)[C@]14O2. The Labute approximate surface area is 254 Å². The lowest BCUT2D eigenvalue weighted by molar-refractivity contribution is -0.198. The minimum Gasteiger partial charge on any atom is -0.507 e. The summed E-state index contributed by atoms with van der Waals surface area (Å²) in [6.07, 6.45) is 5.97. The van der Waals surface area contributed by atoms with Gasteiger partial charge in [-0.3, -0.25) is 9.59 Å². The highest BCUT2D eigenvalue weighted by atomic mass is 16.6. The molecule has 8 heteroatoms. The van der Waals surface area contributed by atoms with Crippen molar-refractivity contribution in [3.63, 3.8) is 0 Å². The minimum absolute atomic E-state index is 0.0489. The van der Waals surface area contributed by atoms with Crippen molar-refractivity contribution in [2.75, 3.05) is 14.2 Å². The number of methoxy groups -OCH3 is 2. The standard InChI is InChI=1S/C35H44O8/c1-12-31(6,7)23-25(36)20(14-13-18(2)3)28-22(26(23)37)27(38)24-29(40-10)33(41-11)17-21-32(8,9)43-34(30(33)39,16-15-19(4)5)35(21,24)42-28/h12-13,15,21,36-37H,1,14,16-17H2,2-11H3/t21-,33+,34-,35-/m1/s1. The molecule has 0 radical (unpaired) electrons. The third kappa shape index (κ3) is 3.69. The van der Waals surface area contributed by atoms with Crippen LogP contribution in [-0.2, 0) is 30.8 Å². The van der Waals surface area contributed by atoms with E-state index >= 15 is 4.79 Å². The Balaban J connectivity index is 1.98. The van der Waals surface area contributed by atoms with Crippen LogP contribution >= 0.6 is 0 Å². The highest BCUT2D eigenvalue weighted by molar-refractivity contribution is 6.20. The number of ether oxygens (including phenoxy) is 4. The van der Waals surface area contributed by atoms with E-state index in [1.54, 1.807) is 19.9 Å². The average molecular weight is 593 g/mol. The summed E-state index contributed by atoms with van der Waals surface area (Å²) in [7, 11) is 2.85. The molecule has 2 fully saturated rings. The number of Topliss-reactive ketones (excluding diaryl/α,β-unsaturated/α-hetero) is 2. The number of aromatic hydroxyl groups is 2. The molecule has 0 amide bonds. The third-order valence-corrected chi connectivity index (χ3v) is 9.99. The Morgan fingerprint density at radius 3 is 2.23 bits per heavy atom. The van der Waals surface area contributed by atoms with Crippen molar-refractivity contribution in [3.05, 3.63) is 64.0 Å². The van der Waals surface area contributed by atoms with Gasteiger partial charge in [0.25, 0.3) is 0 Å². The van der Waals surface area contributed by atoms with Crippen molar-refractivity contribution >= 4 is 11.6 Å². The molecule has 43 heavy (non-hydrogen) atoms. The van der Waals surface area contributed by atoms with Crippen LogP contribution in [0.1, 0.15) is 89.7 Å². The number of ketones is 2. The van der Waals surface area contributed by atoms with E-state index in [9.17, 15) is 15.0 Å². The fraction of sp³-hybridized carbons (Fsp3) is 0.543. The zero-order valence-electron chi connectivity index (χ0n) is 27.0. The first-order valence-corrected chi connectivity index (χ1v) is 14.8. The third-order valence-electron chi connectivity index (χ3n) is 9.99. The highest BCUT2D eigenvalue weighted by Gasteiger charge is 2.87. The van der Waals surface area contributed by atoms with Gasteiger partial charge in [0.1, 0.15) is 28.6 Å². The molecule has 8 nitrogen and oxygen atoms in total. The van der Waals surface area contributed by atoms with Gasteiger partial charge in [0, 0.05) is 42.4 Å². The fourth-order valence-corrected chi connectivity index (χ4v) is 7.84. The molecule has 0 aromatic heterocycles. The molecule has 3 aliphatic carbocycles. The van der Waals surface area contributed by atoms with Crippen LogP contribution in [0.5, 0.6) is 17.2 Å². The first kappa shape index (κ1) is 31.1. The number of hydrogen-bond donors (Lipinski definition) is 2. The predicted octanol–water partition coefficient (Wildman–Crippen LogP) is 6.18. The molecule has 1 aromatic carbocycles. The zero-order chi connectivity index (χ0) is 32.1. The summed E-state index contributed by atoms with van der Waals surface area (Å²) in [6.45, 7) is 19.0. The van der Waals surface area contributed by atoms with Gasteiger partial charge in [0.2, 0.25) is 11.6 Å². The lowest BCUT2D eigenvalue weighted by Crippen LogP contribution is -2.78. The number of carbonyl (C=O) groups is 2. The molecule has 4 bridgehead atoms. The molecular weight excluding hydrogens is 548 g/mol. The normalized spacial score (nSPS) is 30.0. The summed E-state index contributed by atoms with van der Waals surface area (Å²) in [5.41, 5.74) is -4.15. The van der Waals surface area contributed by atoms with E-state index < -0.39 is 45.3 Å². The number of hydrogen-bond acceptors (Lipinski definition) is 8. The number of carbonyl (C=O) groups excluding carboxylic acids is 2. The van der Waals surface area contributed by atoms with Gasteiger partial charge in [-0.15, -0.1) is 6.58 Å². The number of fused-ring (bicyclic) bond motifs is 1. The number of rotatable bonds is 8. The van der Waals surface area contributed by atoms with Gasteiger partial charge in [-0.05, 0) is 48.0 Å². The summed E-state index contributed by atoms with van der Waals surface area (Å²) in [6, 6.07) is 0. The quantitative estimate of drug-likeness (QED) is 0.345. The van der Waals surface area contributed by atoms with Gasteiger partial charge in [0.05, 0.1) is 18.3 Å². The maximum Gasteiger partial charge on any atom is 0.208 e. The van der Waals surface area contributed by atoms with Crippen LogP contribution in [0, 0.1) is 5.92 Å². The summed E-state index contributed by atoms with van der Waals surface area (Å²) in [5, 5.41) is 23.6. The van der Waals surface area contributed by atoms with Crippen LogP contribution in [0.4, 0.5) is 0 Å². The second-order valence-electron chi connectivity index (χ2n) is 13.9. The molecule has 1 spiro atoms. The lowest BCUT2D eigenvalue weighted by atomic mass is 9.48. The molecule has 5 aliphatic rings. The van der Waals surface area contributed by atoms with Crippen LogP contribution in [0.25, 0.3) is 0 Å². The Morgan fingerprint density at radius 1 is 1.07 bits per heavy atom. The largest absolute Gasteiger partial charge is 0.507 e. The van der Waals surface area contributed by atoms with Crippen LogP contribution in [0.3, 0.4) is 0 Å². The first-order chi connectivity index (χ1) is 19.9. The lowest BCUT2D eigenvalue weighted by Gasteiger charge is -2.60. The molecule has 1 saturated carbocycles. The Bertz CT molecular complexity index is 1550. The van der Waals surface area contributed by atoms with Crippen molar-refractivity contribution in [2.45, 2.75) is 102 Å². The molecule has 2 aliphatic heterocycles. The summed E-state index contributed by atoms with van der Waals surface area (Å²) in [5.74, 6) is -1.89. The molecule has 2 heterocycles. The van der Waals surface area contributed by atoms with Crippen LogP contribution in [0.15, 0.2) is 47.3 Å². The van der Waals surface area contributed by atoms with E-state index in [0.29, 0.717) is 5.56 Å². The number of phenols is 2. The first-order valence-electron chi connectivity index (χ1n) is 14.8. The van der Waals surface area contributed by atoms with E-state index in [1.807, 2.05) is 53.7 Å². The molecule has 1 saturated heterocycles. The monoisotopic (exact) mass is 592 g/mol. The van der Waals surface area contributed by atoms with Gasteiger partial charge in [-0.25, -0.2) is 0 Å². The van der Waals surface area contributed by atoms with Crippen LogP contribution in [0.2, 0.25) is 0 Å². The minimum atomic E-state index is -1.64. The molecule has 4 atom stereocenters. The van der Waals surface area contributed by atoms with E-state index in [2.05, 4.69) is 6.58 Å². The molecule has 0 unspecified atom stereocenters. The Hall–Kier alpha value is -3.36. The second-order valence-corrected chi connectivity index (χ2v) is 13.9. The fourth-order valence-electron chi connectivity index (χ4n) is 7.84. The summed E-state index contributed by atoms with van der Waals surface area (Å²) < 4.78 is 25.8. The van der Waals surface area contributed by atoms with Gasteiger partial charge in [-0.1, -0.05) is 43.2 Å². The maximum absolute atomic E-state index is 15.0. The second kappa shape index (κ2) is 9.57. The van der Waals surface area contributed by atoms with Crippen molar-refractivity contribution in [1.29, 1.82) is 0 Å². The van der Waals surface area contributed by atoms with Gasteiger partial charge in [-0.2, -0.15) is 0 Å². The molecule has 232 valence electrons. The van der Waals surface area contributed by atoms with Gasteiger partial charge in [0.15, 0.2) is 16.8 Å². The van der Waals surface area contributed by atoms with Crippen molar-refractivity contribution in [3.8, 4) is 17.2 Å². The number of benzene rings is 1. The van der Waals surface area contributed by atoms with E-state index in [0.717, 1.165) is 11.1 Å². The Kier molecular flexibility index (Phi) is 6.92. The van der Waals surface area contributed by atoms with Gasteiger partial charge >= 0.3 is 0 Å². The van der Waals surface area contributed by atoms with Crippen molar-refractivity contribution in [2.24, 2.45) is 5.92 Å². The van der Waals surface area contributed by atoms with E-state index in [1.165, 1.54) is 14.2 Å². The molecule has 6 rings (SSSR count). The molecule has 2 N–H and O–H groups in total. The Morgan fingerprint density at radius 2 is 1.70 bits per heavy atom. The number of allylic oxidation sites excluding steroid dienone is 4. The zero-order valence-corrected chi connectivity index (χ0v) is 27.0. The van der Waals surface area contributed by atoms with E-state index in [-0.39, 0.29) is 59.0 Å². The van der Waals surface area contributed by atoms with Crippen molar-refractivity contribution < 1.29 is 38.7 Å². The molecule has 1 aromatic rings. The molecular formula is C35H44O8. The average Bonchev–Trinajstić information content (AvgIpc) is 3.07. The van der Waals surface area contributed by atoms with Crippen LogP contribution in [-0.4, -0.2) is 58.4 Å². The van der Waals surface area contributed by atoms with Crippen molar-refractivity contribution in [1.82, 2.24) is 0 Å². The smallest absolute Gasteiger partial charge is 0.208 e.